The van der Waals surface area contributed by atoms with Gasteiger partial charge in [-0.15, -0.1) is 10.2 Å². The molecule has 0 N–H and O–H groups in total. The van der Waals surface area contributed by atoms with E-state index in [1.165, 1.54) is 11.8 Å². The summed E-state index contributed by atoms with van der Waals surface area (Å²) in [5.74, 6) is 0.686. The molecular weight excluding hydrogens is 222 g/mol. The van der Waals surface area contributed by atoms with Crippen LogP contribution in [-0.2, 0) is 4.79 Å². The first-order valence-corrected chi connectivity index (χ1v) is 6.36. The van der Waals surface area contributed by atoms with Crippen LogP contribution in [0, 0.1) is 5.41 Å². The Morgan fingerprint density at radius 3 is 2.62 bits per heavy atom. The van der Waals surface area contributed by atoms with Gasteiger partial charge in [0.25, 0.3) is 0 Å². The quantitative estimate of drug-likeness (QED) is 0.760. The molecule has 0 amide bonds. The molecule has 90 valence electrons. The number of hydrogen-bond donors (Lipinski definition) is 0. The number of thioether (sulfide) groups is 1. The van der Waals surface area contributed by atoms with Gasteiger partial charge in [0.15, 0.2) is 5.16 Å². The summed E-state index contributed by atoms with van der Waals surface area (Å²) in [6.45, 7) is 9.94. The van der Waals surface area contributed by atoms with E-state index in [9.17, 15) is 4.79 Å². The normalized spacial score (nSPS) is 12.1. The molecule has 16 heavy (non-hydrogen) atoms. The van der Waals surface area contributed by atoms with Gasteiger partial charge in [-0.25, -0.2) is 0 Å². The van der Waals surface area contributed by atoms with Crippen molar-refractivity contribution in [3.8, 4) is 0 Å². The molecule has 0 bridgehead atoms. The average molecular weight is 241 g/mol. The Kier molecular flexibility index (Phi) is 4.13. The maximum atomic E-state index is 11.8. The highest BCUT2D eigenvalue weighted by molar-refractivity contribution is 7.99. The zero-order valence-electron chi connectivity index (χ0n) is 10.5. The van der Waals surface area contributed by atoms with E-state index in [-0.39, 0.29) is 11.2 Å². The van der Waals surface area contributed by atoms with Crippen LogP contribution < -0.4 is 0 Å². The molecule has 0 saturated carbocycles. The maximum absolute atomic E-state index is 11.8. The van der Waals surface area contributed by atoms with Crippen LogP contribution in [0.3, 0.4) is 0 Å². The van der Waals surface area contributed by atoms with E-state index in [0.29, 0.717) is 11.8 Å². The van der Waals surface area contributed by atoms with Crippen LogP contribution in [0.15, 0.2) is 11.5 Å². The Bertz CT molecular complexity index is 366. The smallest absolute Gasteiger partial charge is 0.191 e. The van der Waals surface area contributed by atoms with Gasteiger partial charge in [0, 0.05) is 11.5 Å². The minimum absolute atomic E-state index is 0.232. The molecule has 0 aromatic carbocycles. The highest BCUT2D eigenvalue weighted by Gasteiger charge is 2.22. The van der Waals surface area contributed by atoms with Gasteiger partial charge in [-0.2, -0.15) is 0 Å². The van der Waals surface area contributed by atoms with E-state index in [4.69, 9.17) is 0 Å². The fourth-order valence-electron chi connectivity index (χ4n) is 1.04. The van der Waals surface area contributed by atoms with Crippen molar-refractivity contribution in [2.24, 2.45) is 5.41 Å². The van der Waals surface area contributed by atoms with E-state index in [1.807, 2.05) is 25.3 Å². The van der Waals surface area contributed by atoms with Crippen LogP contribution in [-0.4, -0.2) is 26.3 Å². The second-order valence-corrected chi connectivity index (χ2v) is 6.02. The summed E-state index contributed by atoms with van der Waals surface area (Å²) < 4.78 is 1.97. The number of aromatic nitrogens is 3. The lowest BCUT2D eigenvalue weighted by Crippen LogP contribution is -2.22. The molecule has 0 saturated heterocycles. The highest BCUT2D eigenvalue weighted by atomic mass is 32.2. The van der Waals surface area contributed by atoms with Crippen LogP contribution in [0.4, 0.5) is 0 Å². The monoisotopic (exact) mass is 241 g/mol. The topological polar surface area (TPSA) is 47.8 Å². The fraction of sp³-hybridized carbons (Fsp3) is 0.727. The molecule has 0 atom stereocenters. The van der Waals surface area contributed by atoms with Crippen LogP contribution in [0.1, 0.15) is 40.7 Å². The third kappa shape index (κ3) is 3.33. The number of carbonyl (C=O) groups excluding carboxylic acids is 1. The summed E-state index contributed by atoms with van der Waals surface area (Å²) in [7, 11) is 0. The molecule has 1 heterocycles. The van der Waals surface area contributed by atoms with Crippen molar-refractivity contribution >= 4 is 17.5 Å². The van der Waals surface area contributed by atoms with Gasteiger partial charge in [-0.05, 0) is 13.8 Å². The van der Waals surface area contributed by atoms with Gasteiger partial charge >= 0.3 is 0 Å². The molecular formula is C11H19N3OS. The van der Waals surface area contributed by atoms with Crippen molar-refractivity contribution in [1.82, 2.24) is 14.8 Å². The zero-order chi connectivity index (χ0) is 12.3. The van der Waals surface area contributed by atoms with Crippen molar-refractivity contribution in [3.63, 3.8) is 0 Å². The SMILES string of the molecule is CC(C)n1cnnc1SCC(=O)C(C)(C)C. The Morgan fingerprint density at radius 1 is 1.50 bits per heavy atom. The zero-order valence-corrected chi connectivity index (χ0v) is 11.3. The number of carbonyl (C=O) groups is 1. The number of ketones is 1. The summed E-state index contributed by atoms with van der Waals surface area (Å²) in [4.78, 5) is 11.8. The van der Waals surface area contributed by atoms with E-state index in [1.54, 1.807) is 6.33 Å². The number of Topliss-reactive ketones (excluding diaryl/α,β-unsaturated/α-hetero) is 1. The lowest BCUT2D eigenvalue weighted by atomic mass is 9.92. The summed E-state index contributed by atoms with van der Waals surface area (Å²) in [5.41, 5.74) is -0.282. The van der Waals surface area contributed by atoms with Gasteiger partial charge < -0.3 is 4.57 Å². The Labute approximate surface area is 101 Å². The second-order valence-electron chi connectivity index (χ2n) is 5.08. The van der Waals surface area contributed by atoms with Gasteiger partial charge in [0.2, 0.25) is 0 Å². The lowest BCUT2D eigenvalue weighted by molar-refractivity contribution is -0.123. The Morgan fingerprint density at radius 2 is 2.12 bits per heavy atom. The first-order chi connectivity index (χ1) is 7.32. The maximum Gasteiger partial charge on any atom is 0.191 e. The van der Waals surface area contributed by atoms with Crippen molar-refractivity contribution in [3.05, 3.63) is 6.33 Å². The molecule has 1 aromatic rings. The van der Waals surface area contributed by atoms with Gasteiger partial charge in [-0.3, -0.25) is 4.79 Å². The van der Waals surface area contributed by atoms with Gasteiger partial charge in [0.1, 0.15) is 12.1 Å². The van der Waals surface area contributed by atoms with Crippen molar-refractivity contribution in [2.75, 3.05) is 5.75 Å². The van der Waals surface area contributed by atoms with Crippen LogP contribution in [0.25, 0.3) is 0 Å². The van der Waals surface area contributed by atoms with Crippen LogP contribution >= 0.6 is 11.8 Å². The predicted octanol–water partition coefficient (Wildman–Crippen LogP) is 2.57. The predicted molar refractivity (Wildman–Crippen MR) is 65.6 cm³/mol. The minimum atomic E-state index is -0.282. The summed E-state index contributed by atoms with van der Waals surface area (Å²) in [6.07, 6.45) is 1.70. The van der Waals surface area contributed by atoms with E-state index >= 15 is 0 Å². The van der Waals surface area contributed by atoms with Crippen LogP contribution in [0.5, 0.6) is 0 Å². The molecule has 0 spiro atoms. The Hall–Kier alpha value is -0.840. The number of rotatable bonds is 4. The van der Waals surface area contributed by atoms with E-state index in [2.05, 4.69) is 24.0 Å². The van der Waals surface area contributed by atoms with Crippen molar-refractivity contribution < 1.29 is 4.79 Å². The minimum Gasteiger partial charge on any atom is -0.306 e. The van der Waals surface area contributed by atoms with Crippen molar-refractivity contribution in [2.45, 2.75) is 45.8 Å². The summed E-state index contributed by atoms with van der Waals surface area (Å²) in [5, 5.41) is 8.69. The molecule has 5 heteroatoms. The molecule has 0 fully saturated rings. The fourth-order valence-corrected chi connectivity index (χ4v) is 2.24. The standard InChI is InChI=1S/C11H19N3OS/c1-8(2)14-7-12-13-10(14)16-6-9(15)11(3,4)5/h7-8H,6H2,1-5H3. The molecule has 1 aromatic heterocycles. The molecule has 0 unspecified atom stereocenters. The first-order valence-electron chi connectivity index (χ1n) is 5.38. The van der Waals surface area contributed by atoms with Crippen LogP contribution in [0.2, 0.25) is 0 Å². The molecule has 1 rings (SSSR count). The highest BCUT2D eigenvalue weighted by Crippen LogP contribution is 2.23. The second kappa shape index (κ2) is 4.99. The largest absolute Gasteiger partial charge is 0.306 e. The third-order valence-corrected chi connectivity index (χ3v) is 3.22. The molecule has 0 aliphatic rings. The number of hydrogen-bond acceptors (Lipinski definition) is 4. The number of nitrogens with zero attached hydrogens (tertiary/aromatic N) is 3. The molecule has 0 aliphatic heterocycles. The van der Waals surface area contributed by atoms with Gasteiger partial charge in [-0.1, -0.05) is 32.5 Å². The van der Waals surface area contributed by atoms with E-state index in [0.717, 1.165) is 5.16 Å². The first kappa shape index (κ1) is 13.2. The van der Waals surface area contributed by atoms with E-state index < -0.39 is 0 Å². The molecule has 0 aliphatic carbocycles. The molecule has 4 nitrogen and oxygen atoms in total. The third-order valence-electron chi connectivity index (χ3n) is 2.27. The van der Waals surface area contributed by atoms with Crippen molar-refractivity contribution in [1.29, 1.82) is 0 Å². The van der Waals surface area contributed by atoms with Gasteiger partial charge in [0.05, 0.1) is 5.75 Å². The molecule has 0 radical (unpaired) electrons. The lowest BCUT2D eigenvalue weighted by Gasteiger charge is -2.16. The summed E-state index contributed by atoms with van der Waals surface area (Å²) >= 11 is 1.46. The average Bonchev–Trinajstić information content (AvgIpc) is 2.60. The Balaban J connectivity index is 2.62. The summed E-state index contributed by atoms with van der Waals surface area (Å²) in [6, 6.07) is 0.322.